The average molecular weight is 411 g/mol. The number of amides is 2. The fourth-order valence-corrected chi connectivity index (χ4v) is 3.31. The normalized spacial score (nSPS) is 18.1. The van der Waals surface area contributed by atoms with Gasteiger partial charge in [0.1, 0.15) is 28.7 Å². The van der Waals surface area contributed by atoms with Crippen molar-refractivity contribution in [3.05, 3.63) is 35.0 Å². The summed E-state index contributed by atoms with van der Waals surface area (Å²) in [6.45, 7) is 3.34. The van der Waals surface area contributed by atoms with Gasteiger partial charge < -0.3 is 19.5 Å². The summed E-state index contributed by atoms with van der Waals surface area (Å²) in [6.07, 6.45) is -0.0624. The van der Waals surface area contributed by atoms with E-state index >= 15 is 0 Å². The number of methoxy groups -OCH3 is 3. The average Bonchev–Trinajstić information content (AvgIpc) is 2.69. The number of hydrogen-bond acceptors (Lipinski definition) is 6. The fourth-order valence-electron chi connectivity index (χ4n) is 2.95. The third-order valence-electron chi connectivity index (χ3n) is 4.30. The highest BCUT2D eigenvalue weighted by Gasteiger charge is 2.50. The summed E-state index contributed by atoms with van der Waals surface area (Å²) in [5.74, 6) is -0.584. The Labute approximate surface area is 168 Å². The van der Waals surface area contributed by atoms with Crippen LogP contribution in [-0.2, 0) is 25.5 Å². The number of hydrogen-bond donors (Lipinski definition) is 1. The van der Waals surface area contributed by atoms with E-state index in [4.69, 9.17) is 25.8 Å². The predicted octanol–water partition coefficient (Wildman–Crippen LogP) is 1.61. The molecule has 0 spiro atoms. The minimum absolute atomic E-state index is 0.0624. The summed E-state index contributed by atoms with van der Waals surface area (Å²) in [5, 5.41) is 2.60. The van der Waals surface area contributed by atoms with Gasteiger partial charge in [-0.15, -0.1) is 0 Å². The molecule has 1 aliphatic heterocycles. The van der Waals surface area contributed by atoms with Crippen LogP contribution in [0.3, 0.4) is 0 Å². The second-order valence-corrected chi connectivity index (χ2v) is 6.73. The number of carbonyl (C=O) groups excluding carboxylic acids is 3. The van der Waals surface area contributed by atoms with Gasteiger partial charge in [0.05, 0.1) is 27.8 Å². The lowest BCUT2D eigenvalue weighted by atomic mass is 10.0. The number of ether oxygens (including phenoxy) is 3. The van der Waals surface area contributed by atoms with Crippen LogP contribution >= 0.6 is 11.6 Å². The second kappa shape index (κ2) is 8.97. The van der Waals surface area contributed by atoms with Crippen molar-refractivity contribution in [1.29, 1.82) is 0 Å². The molecule has 0 bridgehead atoms. The van der Waals surface area contributed by atoms with Crippen LogP contribution in [0, 0.1) is 0 Å². The molecule has 0 saturated carbocycles. The molecule has 1 heterocycles. The smallest absolute Gasteiger partial charge is 0.354 e. The van der Waals surface area contributed by atoms with Gasteiger partial charge in [-0.1, -0.05) is 17.7 Å². The molecule has 0 aromatic heterocycles. The van der Waals surface area contributed by atoms with Crippen LogP contribution < -0.4 is 14.8 Å². The summed E-state index contributed by atoms with van der Waals surface area (Å²) in [6, 6.07) is 4.22. The highest BCUT2D eigenvalue weighted by atomic mass is 35.5. The SMILES string of the molecule is COC(=O)C(=C(C)C)N1C(=O)C(NC(=O)Cc2c(OC)cccc2OC)C1Cl. The molecule has 8 nitrogen and oxygen atoms in total. The van der Waals surface area contributed by atoms with E-state index in [0.717, 1.165) is 4.90 Å². The van der Waals surface area contributed by atoms with Crippen molar-refractivity contribution >= 4 is 29.4 Å². The summed E-state index contributed by atoms with van der Waals surface area (Å²) in [7, 11) is 4.21. The highest BCUT2D eigenvalue weighted by Crippen LogP contribution is 2.32. The highest BCUT2D eigenvalue weighted by molar-refractivity contribution is 6.27. The van der Waals surface area contributed by atoms with E-state index in [0.29, 0.717) is 22.6 Å². The van der Waals surface area contributed by atoms with E-state index in [9.17, 15) is 14.4 Å². The van der Waals surface area contributed by atoms with Crippen LogP contribution in [0.4, 0.5) is 0 Å². The first-order chi connectivity index (χ1) is 13.3. The van der Waals surface area contributed by atoms with E-state index in [2.05, 4.69) is 5.32 Å². The van der Waals surface area contributed by atoms with Crippen molar-refractivity contribution in [2.75, 3.05) is 21.3 Å². The van der Waals surface area contributed by atoms with Gasteiger partial charge in [0, 0.05) is 5.56 Å². The van der Waals surface area contributed by atoms with Gasteiger partial charge in [-0.25, -0.2) is 4.79 Å². The first-order valence-corrected chi connectivity index (χ1v) is 8.92. The van der Waals surface area contributed by atoms with E-state index in [1.165, 1.54) is 21.3 Å². The third-order valence-corrected chi connectivity index (χ3v) is 4.75. The predicted molar refractivity (Wildman–Crippen MR) is 102 cm³/mol. The Balaban J connectivity index is 2.12. The molecule has 152 valence electrons. The number of halogens is 1. The molecule has 0 radical (unpaired) electrons. The van der Waals surface area contributed by atoms with Gasteiger partial charge in [-0.05, 0) is 31.6 Å². The molecule has 0 aliphatic carbocycles. The lowest BCUT2D eigenvalue weighted by molar-refractivity contribution is -0.151. The Morgan fingerprint density at radius 2 is 1.71 bits per heavy atom. The second-order valence-electron chi connectivity index (χ2n) is 6.28. The van der Waals surface area contributed by atoms with Crippen molar-refractivity contribution in [2.24, 2.45) is 0 Å². The van der Waals surface area contributed by atoms with Crippen molar-refractivity contribution in [3.63, 3.8) is 0 Å². The van der Waals surface area contributed by atoms with Crippen molar-refractivity contribution in [3.8, 4) is 11.5 Å². The van der Waals surface area contributed by atoms with Crippen molar-refractivity contribution < 1.29 is 28.6 Å². The monoisotopic (exact) mass is 410 g/mol. The Morgan fingerprint density at radius 1 is 1.14 bits per heavy atom. The first-order valence-electron chi connectivity index (χ1n) is 8.48. The van der Waals surface area contributed by atoms with E-state index in [1.807, 2.05) is 0 Å². The lowest BCUT2D eigenvalue weighted by Gasteiger charge is -2.44. The number of allylic oxidation sites excluding steroid dienone is 1. The summed E-state index contributed by atoms with van der Waals surface area (Å²) >= 11 is 6.28. The van der Waals surface area contributed by atoms with Crippen molar-refractivity contribution in [1.82, 2.24) is 10.2 Å². The zero-order valence-corrected chi connectivity index (χ0v) is 17.1. The Morgan fingerprint density at radius 3 is 2.14 bits per heavy atom. The maximum absolute atomic E-state index is 12.5. The zero-order chi connectivity index (χ0) is 21.0. The van der Waals surface area contributed by atoms with Crippen molar-refractivity contribution in [2.45, 2.75) is 31.8 Å². The molecule has 2 rings (SSSR count). The minimum atomic E-state index is -0.950. The maximum Gasteiger partial charge on any atom is 0.354 e. The number of β-lactam (4-membered cyclic amide) rings is 1. The molecule has 1 saturated heterocycles. The molecule has 1 aliphatic rings. The molecule has 1 N–H and O–H groups in total. The number of rotatable bonds is 7. The quantitative estimate of drug-likeness (QED) is 0.241. The number of esters is 1. The van der Waals surface area contributed by atoms with Crippen LogP contribution in [0.2, 0.25) is 0 Å². The number of nitrogens with one attached hydrogen (secondary N) is 1. The molecule has 9 heteroatoms. The van der Waals surface area contributed by atoms with Gasteiger partial charge >= 0.3 is 5.97 Å². The Bertz CT molecular complexity index is 796. The molecule has 2 unspecified atom stereocenters. The molecule has 1 aromatic carbocycles. The third kappa shape index (κ3) is 4.06. The number of nitrogens with zero attached hydrogens (tertiary/aromatic N) is 1. The van der Waals surface area contributed by atoms with Gasteiger partial charge in [0.25, 0.3) is 5.91 Å². The summed E-state index contributed by atoms with van der Waals surface area (Å²) < 4.78 is 15.3. The largest absolute Gasteiger partial charge is 0.496 e. The molecular weight excluding hydrogens is 388 g/mol. The standard InChI is InChI=1S/C19H23ClN2O6/c1-10(2)16(19(25)28-5)22-17(20)15(18(22)24)21-14(23)9-11-12(26-3)7-6-8-13(11)27-4/h6-8,15,17H,9H2,1-5H3,(H,21,23). The Hall–Kier alpha value is -2.74. The minimum Gasteiger partial charge on any atom is -0.496 e. The van der Waals surface area contributed by atoms with Crippen LogP contribution in [0.1, 0.15) is 19.4 Å². The molecule has 1 aromatic rings. The first kappa shape index (κ1) is 21.6. The van der Waals surface area contributed by atoms with E-state index in [1.54, 1.807) is 32.0 Å². The molecular formula is C19H23ClN2O6. The molecule has 1 fully saturated rings. The van der Waals surface area contributed by atoms with E-state index in [-0.39, 0.29) is 12.1 Å². The molecule has 2 atom stereocenters. The van der Waals surface area contributed by atoms with Crippen LogP contribution in [0.5, 0.6) is 11.5 Å². The lowest BCUT2D eigenvalue weighted by Crippen LogP contribution is -2.68. The topological polar surface area (TPSA) is 94.2 Å². The number of alkyl halides is 1. The molecule has 2 amide bonds. The van der Waals surface area contributed by atoms with Crippen LogP contribution in [-0.4, -0.2) is 55.6 Å². The van der Waals surface area contributed by atoms with Crippen LogP contribution in [0.15, 0.2) is 29.5 Å². The number of benzene rings is 1. The fraction of sp³-hybridized carbons (Fsp3) is 0.421. The number of likely N-dealkylation sites (tertiary alicyclic amines) is 1. The van der Waals surface area contributed by atoms with Gasteiger partial charge in [0.15, 0.2) is 0 Å². The maximum atomic E-state index is 12.5. The summed E-state index contributed by atoms with van der Waals surface area (Å²) in [5.41, 5.74) is 0.304. The van der Waals surface area contributed by atoms with Crippen LogP contribution in [0.25, 0.3) is 0 Å². The molecule has 28 heavy (non-hydrogen) atoms. The van der Waals surface area contributed by atoms with Gasteiger partial charge in [-0.2, -0.15) is 0 Å². The van der Waals surface area contributed by atoms with Gasteiger partial charge in [-0.3, -0.25) is 14.5 Å². The zero-order valence-electron chi connectivity index (χ0n) is 16.4. The number of carbonyl (C=O) groups is 3. The summed E-state index contributed by atoms with van der Waals surface area (Å²) in [4.78, 5) is 38.1. The van der Waals surface area contributed by atoms with Gasteiger partial charge in [0.2, 0.25) is 5.91 Å². The Kier molecular flexibility index (Phi) is 6.90. The van der Waals surface area contributed by atoms with E-state index < -0.39 is 29.3 Å².